The van der Waals surface area contributed by atoms with Crippen LogP contribution < -0.4 is 5.32 Å². The summed E-state index contributed by atoms with van der Waals surface area (Å²) in [6, 6.07) is 9.40. The number of oxazole rings is 1. The maximum atomic E-state index is 14.9. The average Bonchev–Trinajstić information content (AvgIpc) is 3.48. The van der Waals surface area contributed by atoms with Crippen LogP contribution in [-0.2, 0) is 0 Å². The minimum Gasteiger partial charge on any atom is -0.424 e. The van der Waals surface area contributed by atoms with Crippen molar-refractivity contribution in [2.24, 2.45) is 5.92 Å². The Kier molecular flexibility index (Phi) is 5.49. The number of nitrogens with zero attached hydrogens (tertiary/aromatic N) is 5. The molecule has 10 heteroatoms. The summed E-state index contributed by atoms with van der Waals surface area (Å²) in [4.78, 5) is 20.5. The number of rotatable bonds is 5. The van der Waals surface area contributed by atoms with Gasteiger partial charge in [0.05, 0.1) is 18.4 Å². The number of likely N-dealkylation sites (tertiary alicyclic amines) is 1. The van der Waals surface area contributed by atoms with Gasteiger partial charge in [0.2, 0.25) is 0 Å². The summed E-state index contributed by atoms with van der Waals surface area (Å²) in [6.07, 6.45) is 4.35. The number of carbonyl (C=O) groups excluding carboxylic acids is 1. The topological polar surface area (TPSA) is 89.1 Å². The van der Waals surface area contributed by atoms with E-state index in [2.05, 4.69) is 20.5 Å². The van der Waals surface area contributed by atoms with Crippen molar-refractivity contribution in [2.75, 3.05) is 18.4 Å². The van der Waals surface area contributed by atoms with E-state index in [4.69, 9.17) is 4.42 Å². The summed E-state index contributed by atoms with van der Waals surface area (Å²) >= 11 is 0. The number of hydrogen-bond acceptors (Lipinski definition) is 6. The van der Waals surface area contributed by atoms with Crippen molar-refractivity contribution >= 4 is 23.0 Å². The van der Waals surface area contributed by atoms with Crippen molar-refractivity contribution < 1.29 is 18.0 Å². The molecule has 1 saturated heterocycles. The molecule has 1 aliphatic heterocycles. The van der Waals surface area contributed by atoms with Gasteiger partial charge in [-0.05, 0) is 43.0 Å². The minimum atomic E-state index is -0.822. The van der Waals surface area contributed by atoms with E-state index in [-0.39, 0.29) is 23.2 Å². The Bertz CT molecular complexity index is 1260. The van der Waals surface area contributed by atoms with Crippen molar-refractivity contribution in [3.8, 4) is 5.69 Å². The highest BCUT2D eigenvalue weighted by atomic mass is 19.1. The Morgan fingerprint density at radius 3 is 2.70 bits per heavy atom. The molecular formula is C23H22F2N6O2. The largest absolute Gasteiger partial charge is 0.424 e. The molecule has 8 nitrogen and oxygen atoms in total. The minimum absolute atomic E-state index is 0.127. The van der Waals surface area contributed by atoms with E-state index in [1.165, 1.54) is 12.4 Å². The van der Waals surface area contributed by atoms with Crippen LogP contribution in [0.25, 0.3) is 16.8 Å². The lowest BCUT2D eigenvalue weighted by Crippen LogP contribution is -2.51. The average molecular weight is 452 g/mol. The molecule has 0 spiro atoms. The third kappa shape index (κ3) is 3.92. The quantitative estimate of drug-likeness (QED) is 0.492. The predicted octanol–water partition coefficient (Wildman–Crippen LogP) is 4.04. The number of fused-ring (bicyclic) bond motifs is 1. The van der Waals surface area contributed by atoms with Gasteiger partial charge < -0.3 is 14.6 Å². The van der Waals surface area contributed by atoms with E-state index in [1.54, 1.807) is 4.90 Å². The van der Waals surface area contributed by atoms with Gasteiger partial charge in [0, 0.05) is 13.1 Å². The number of amides is 1. The lowest BCUT2D eigenvalue weighted by atomic mass is 9.90. The van der Waals surface area contributed by atoms with Crippen LogP contribution in [0.5, 0.6) is 0 Å². The van der Waals surface area contributed by atoms with E-state index in [9.17, 15) is 13.6 Å². The van der Waals surface area contributed by atoms with Crippen molar-refractivity contribution in [3.63, 3.8) is 0 Å². The molecule has 2 atom stereocenters. The zero-order chi connectivity index (χ0) is 22.9. The molecule has 5 rings (SSSR count). The lowest BCUT2D eigenvalue weighted by molar-refractivity contribution is 0.0533. The number of halogens is 2. The molecule has 2 aromatic carbocycles. The molecule has 1 aliphatic rings. The summed E-state index contributed by atoms with van der Waals surface area (Å²) in [7, 11) is 0. The van der Waals surface area contributed by atoms with Crippen LogP contribution >= 0.6 is 0 Å². The zero-order valence-electron chi connectivity index (χ0n) is 17.9. The summed E-state index contributed by atoms with van der Waals surface area (Å²) in [5.74, 6) is -2.07. The number of para-hydroxylation sites is 2. The molecule has 170 valence electrons. The molecule has 1 N–H and O–H groups in total. The van der Waals surface area contributed by atoms with E-state index >= 15 is 0 Å². The second kappa shape index (κ2) is 8.61. The Morgan fingerprint density at radius 1 is 1.15 bits per heavy atom. The van der Waals surface area contributed by atoms with E-state index in [1.807, 2.05) is 31.2 Å². The van der Waals surface area contributed by atoms with Crippen LogP contribution in [0.2, 0.25) is 0 Å². The predicted molar refractivity (Wildman–Crippen MR) is 117 cm³/mol. The molecular weight excluding hydrogens is 430 g/mol. The number of carbonyl (C=O) groups is 1. The van der Waals surface area contributed by atoms with Crippen molar-refractivity contribution in [2.45, 2.75) is 25.8 Å². The molecule has 0 saturated carbocycles. The Labute approximate surface area is 188 Å². The van der Waals surface area contributed by atoms with Gasteiger partial charge in [-0.3, -0.25) is 4.79 Å². The SMILES string of the molecule is C[C@@H]1CCCN(C(=O)c2c(F)ccc(F)c2-n2nccn2)[C@@H]1CNc1nc2ccccc2o1. The van der Waals surface area contributed by atoms with Crippen LogP contribution in [0.1, 0.15) is 30.1 Å². The van der Waals surface area contributed by atoms with Crippen LogP contribution in [0.4, 0.5) is 14.8 Å². The van der Waals surface area contributed by atoms with Gasteiger partial charge in [-0.15, -0.1) is 4.80 Å². The molecule has 1 amide bonds. The maximum absolute atomic E-state index is 14.9. The number of hydrogen-bond donors (Lipinski definition) is 1. The molecule has 3 heterocycles. The molecule has 0 bridgehead atoms. The first-order chi connectivity index (χ1) is 16.0. The number of piperidine rings is 1. The van der Waals surface area contributed by atoms with Crippen LogP contribution in [0.3, 0.4) is 0 Å². The molecule has 1 fully saturated rings. The van der Waals surface area contributed by atoms with Gasteiger partial charge in [0.15, 0.2) is 11.4 Å². The van der Waals surface area contributed by atoms with E-state index in [0.717, 1.165) is 35.3 Å². The fraction of sp³-hybridized carbons (Fsp3) is 0.304. The fourth-order valence-corrected chi connectivity index (χ4v) is 4.37. The standard InChI is InChI=1S/C23H22F2N6O2/c1-14-5-4-12-30(18(14)13-26-23-29-17-6-2-3-7-19(17)33-23)22(32)20-15(24)8-9-16(25)21(20)31-27-10-11-28-31/h2-3,6-11,14,18H,4-5,12-13H2,1H3,(H,26,29)/t14-,18-/m1/s1. The smallest absolute Gasteiger partial charge is 0.295 e. The normalized spacial score (nSPS) is 18.6. The first kappa shape index (κ1) is 21.0. The number of aromatic nitrogens is 4. The number of benzene rings is 2. The first-order valence-corrected chi connectivity index (χ1v) is 10.8. The maximum Gasteiger partial charge on any atom is 0.295 e. The van der Waals surface area contributed by atoms with E-state index < -0.39 is 17.5 Å². The highest BCUT2D eigenvalue weighted by Crippen LogP contribution is 2.29. The van der Waals surface area contributed by atoms with Gasteiger partial charge in [-0.25, -0.2) is 8.78 Å². The number of anilines is 1. The van der Waals surface area contributed by atoms with Gasteiger partial charge in [-0.1, -0.05) is 19.1 Å². The van der Waals surface area contributed by atoms with Gasteiger partial charge in [0.1, 0.15) is 22.6 Å². The molecule has 0 unspecified atom stereocenters. The second-order valence-corrected chi connectivity index (χ2v) is 8.12. The summed E-state index contributed by atoms with van der Waals surface area (Å²) in [5, 5.41) is 11.0. The zero-order valence-corrected chi connectivity index (χ0v) is 17.9. The van der Waals surface area contributed by atoms with Gasteiger partial charge >= 0.3 is 0 Å². The van der Waals surface area contributed by atoms with Crippen LogP contribution in [0.15, 0.2) is 53.2 Å². The van der Waals surface area contributed by atoms with Crippen molar-refractivity contribution in [3.05, 3.63) is 66.0 Å². The third-order valence-corrected chi connectivity index (χ3v) is 6.04. The van der Waals surface area contributed by atoms with E-state index in [0.29, 0.717) is 24.7 Å². The monoisotopic (exact) mass is 452 g/mol. The third-order valence-electron chi connectivity index (χ3n) is 6.04. The summed E-state index contributed by atoms with van der Waals surface area (Å²) in [6.45, 7) is 2.81. The van der Waals surface area contributed by atoms with Crippen molar-refractivity contribution in [1.29, 1.82) is 0 Å². The Hall–Kier alpha value is -3.82. The lowest BCUT2D eigenvalue weighted by Gasteiger charge is -2.40. The summed E-state index contributed by atoms with van der Waals surface area (Å²) in [5.41, 5.74) is 0.701. The van der Waals surface area contributed by atoms with Crippen LogP contribution in [0, 0.1) is 17.6 Å². The molecule has 4 aromatic rings. The molecule has 0 radical (unpaired) electrons. The van der Waals surface area contributed by atoms with Crippen LogP contribution in [-0.4, -0.2) is 49.9 Å². The molecule has 2 aromatic heterocycles. The molecule has 0 aliphatic carbocycles. The Morgan fingerprint density at radius 2 is 1.91 bits per heavy atom. The summed E-state index contributed by atoms with van der Waals surface area (Å²) < 4.78 is 35.3. The van der Waals surface area contributed by atoms with Gasteiger partial charge in [0.25, 0.3) is 11.9 Å². The number of nitrogens with one attached hydrogen (secondary N) is 1. The van der Waals surface area contributed by atoms with Gasteiger partial charge in [-0.2, -0.15) is 15.2 Å². The fourth-order valence-electron chi connectivity index (χ4n) is 4.37. The first-order valence-electron chi connectivity index (χ1n) is 10.8. The Balaban J connectivity index is 1.45. The van der Waals surface area contributed by atoms with Crippen molar-refractivity contribution in [1.82, 2.24) is 24.9 Å². The highest BCUT2D eigenvalue weighted by Gasteiger charge is 2.36. The highest BCUT2D eigenvalue weighted by molar-refractivity contribution is 5.98. The molecule has 33 heavy (non-hydrogen) atoms. The second-order valence-electron chi connectivity index (χ2n) is 8.12.